The Bertz CT molecular complexity index is 521. The molecule has 7 heteroatoms. The summed E-state index contributed by atoms with van der Waals surface area (Å²) >= 11 is 0. The van der Waals surface area contributed by atoms with Crippen molar-refractivity contribution in [3.8, 4) is 0 Å². The fourth-order valence-corrected chi connectivity index (χ4v) is 2.65. The zero-order valence-corrected chi connectivity index (χ0v) is 13.0. The molecule has 1 fully saturated rings. The Kier molecular flexibility index (Phi) is 5.64. The van der Waals surface area contributed by atoms with Crippen molar-refractivity contribution in [2.45, 2.75) is 25.6 Å². The van der Waals surface area contributed by atoms with Crippen LogP contribution in [0.3, 0.4) is 0 Å². The number of benzene rings is 1. The molecule has 1 aliphatic heterocycles. The number of carbonyl (C=O) groups is 1. The number of β-amino-alcohol motifs (C(OH)–C–C–N with tert-alkyl or cyclic N) is 1. The Hall–Kier alpha value is -1.60. The van der Waals surface area contributed by atoms with Gasteiger partial charge < -0.3 is 10.0 Å². The summed E-state index contributed by atoms with van der Waals surface area (Å²) in [5, 5.41) is 9.35. The molecule has 23 heavy (non-hydrogen) atoms. The molecule has 0 radical (unpaired) electrons. The molecule has 1 atom stereocenters. The van der Waals surface area contributed by atoms with Gasteiger partial charge in [-0.1, -0.05) is 12.1 Å². The second-order valence-corrected chi connectivity index (χ2v) is 5.90. The molecular weight excluding hydrogens is 309 g/mol. The number of aliphatic hydroxyl groups is 1. The van der Waals surface area contributed by atoms with Gasteiger partial charge in [-0.15, -0.1) is 0 Å². The van der Waals surface area contributed by atoms with Crippen LogP contribution in [0.25, 0.3) is 0 Å². The normalized spacial score (nSPS) is 18.0. The van der Waals surface area contributed by atoms with E-state index < -0.39 is 17.8 Å². The third-order valence-corrected chi connectivity index (χ3v) is 3.88. The maximum Gasteiger partial charge on any atom is 0.416 e. The van der Waals surface area contributed by atoms with Crippen molar-refractivity contribution in [2.75, 3.05) is 32.7 Å². The molecule has 1 saturated heterocycles. The molecule has 0 saturated carbocycles. The van der Waals surface area contributed by atoms with E-state index in [1.807, 2.05) is 0 Å². The van der Waals surface area contributed by atoms with Crippen LogP contribution in [0.1, 0.15) is 18.1 Å². The number of amides is 1. The van der Waals surface area contributed by atoms with Gasteiger partial charge in [-0.25, -0.2) is 0 Å². The lowest BCUT2D eigenvalue weighted by molar-refractivity contribution is -0.137. The molecule has 1 amide bonds. The van der Waals surface area contributed by atoms with E-state index in [2.05, 4.69) is 4.90 Å². The zero-order chi connectivity index (χ0) is 17.0. The van der Waals surface area contributed by atoms with Gasteiger partial charge in [-0.3, -0.25) is 9.69 Å². The summed E-state index contributed by atoms with van der Waals surface area (Å²) < 4.78 is 37.5. The molecule has 2 rings (SSSR count). The summed E-state index contributed by atoms with van der Waals surface area (Å²) in [4.78, 5) is 16.0. The van der Waals surface area contributed by atoms with Gasteiger partial charge in [0, 0.05) is 32.7 Å². The maximum atomic E-state index is 12.5. The van der Waals surface area contributed by atoms with Gasteiger partial charge in [0.2, 0.25) is 5.91 Å². The highest BCUT2D eigenvalue weighted by atomic mass is 19.4. The van der Waals surface area contributed by atoms with Crippen LogP contribution in [0.5, 0.6) is 0 Å². The number of nitrogens with zero attached hydrogens (tertiary/aromatic N) is 2. The molecule has 1 N–H and O–H groups in total. The minimum Gasteiger partial charge on any atom is -0.392 e. The molecule has 1 aromatic rings. The fraction of sp³-hybridized carbons (Fsp3) is 0.562. The standard InChI is InChI=1S/C16H21F3N2O2/c1-12(22)11-20-6-8-21(9-7-20)15(23)10-13-2-4-14(5-3-13)16(17,18)19/h2-5,12,22H,6-11H2,1H3/t12-/m0/s1. The summed E-state index contributed by atoms with van der Waals surface area (Å²) in [5.74, 6) is -0.0820. The van der Waals surface area contributed by atoms with Crippen molar-refractivity contribution in [3.63, 3.8) is 0 Å². The first-order valence-corrected chi connectivity index (χ1v) is 7.60. The van der Waals surface area contributed by atoms with E-state index in [9.17, 15) is 23.1 Å². The summed E-state index contributed by atoms with van der Waals surface area (Å²) in [7, 11) is 0. The SMILES string of the molecule is C[C@H](O)CN1CCN(C(=O)Cc2ccc(C(F)(F)F)cc2)CC1. The Morgan fingerprint density at radius 1 is 1.17 bits per heavy atom. The molecule has 0 spiro atoms. The molecular formula is C16H21F3N2O2. The third-order valence-electron chi connectivity index (χ3n) is 3.88. The lowest BCUT2D eigenvalue weighted by Gasteiger charge is -2.35. The first kappa shape index (κ1) is 17.7. The smallest absolute Gasteiger partial charge is 0.392 e. The summed E-state index contributed by atoms with van der Waals surface area (Å²) in [5.41, 5.74) is -0.130. The number of carbonyl (C=O) groups excluding carboxylic acids is 1. The molecule has 0 aromatic heterocycles. The van der Waals surface area contributed by atoms with Crippen LogP contribution < -0.4 is 0 Å². The molecule has 128 valence electrons. The largest absolute Gasteiger partial charge is 0.416 e. The van der Waals surface area contributed by atoms with Crippen molar-refractivity contribution < 1.29 is 23.1 Å². The predicted octanol–water partition coefficient (Wildman–Crippen LogP) is 1.77. The van der Waals surface area contributed by atoms with Gasteiger partial charge in [0.15, 0.2) is 0 Å². The predicted molar refractivity (Wildman–Crippen MR) is 79.8 cm³/mol. The second kappa shape index (κ2) is 7.31. The summed E-state index contributed by atoms with van der Waals surface area (Å²) in [6.07, 6.45) is -4.65. The van der Waals surface area contributed by atoms with Crippen LogP contribution in [0.2, 0.25) is 0 Å². The number of hydrogen-bond acceptors (Lipinski definition) is 3. The van der Waals surface area contributed by atoms with Crippen LogP contribution in [0, 0.1) is 0 Å². The van der Waals surface area contributed by atoms with Gasteiger partial charge in [0.05, 0.1) is 18.1 Å². The van der Waals surface area contributed by atoms with Crippen molar-refractivity contribution in [1.82, 2.24) is 9.80 Å². The van der Waals surface area contributed by atoms with Gasteiger partial charge in [0.1, 0.15) is 0 Å². The highest BCUT2D eigenvalue weighted by Crippen LogP contribution is 2.29. The minimum atomic E-state index is -4.36. The van der Waals surface area contributed by atoms with Crippen LogP contribution in [-0.4, -0.2) is 59.6 Å². The molecule has 0 unspecified atom stereocenters. The Morgan fingerprint density at radius 3 is 2.22 bits per heavy atom. The summed E-state index contributed by atoms with van der Waals surface area (Å²) in [6, 6.07) is 4.71. The first-order chi connectivity index (χ1) is 10.8. The quantitative estimate of drug-likeness (QED) is 0.915. The molecule has 1 aromatic carbocycles. The van der Waals surface area contributed by atoms with E-state index >= 15 is 0 Å². The van der Waals surface area contributed by atoms with Crippen LogP contribution >= 0.6 is 0 Å². The van der Waals surface area contributed by atoms with Crippen LogP contribution in [-0.2, 0) is 17.4 Å². The Balaban J connectivity index is 1.86. The number of rotatable bonds is 4. The van der Waals surface area contributed by atoms with E-state index in [-0.39, 0.29) is 12.3 Å². The van der Waals surface area contributed by atoms with Gasteiger partial charge in [-0.2, -0.15) is 13.2 Å². The minimum absolute atomic E-state index is 0.0820. The monoisotopic (exact) mass is 330 g/mol. The van der Waals surface area contributed by atoms with Crippen LogP contribution in [0.4, 0.5) is 13.2 Å². The van der Waals surface area contributed by atoms with E-state index in [1.165, 1.54) is 12.1 Å². The zero-order valence-electron chi connectivity index (χ0n) is 13.0. The molecule has 4 nitrogen and oxygen atoms in total. The summed E-state index contributed by atoms with van der Waals surface area (Å²) in [6.45, 7) is 4.86. The Labute approximate surface area is 133 Å². The molecule has 1 heterocycles. The van der Waals surface area contributed by atoms with Crippen LogP contribution in [0.15, 0.2) is 24.3 Å². The van der Waals surface area contributed by atoms with E-state index in [0.717, 1.165) is 12.1 Å². The van der Waals surface area contributed by atoms with Crippen molar-refractivity contribution in [2.24, 2.45) is 0 Å². The number of hydrogen-bond donors (Lipinski definition) is 1. The fourth-order valence-electron chi connectivity index (χ4n) is 2.65. The van der Waals surface area contributed by atoms with Crippen molar-refractivity contribution >= 4 is 5.91 Å². The molecule has 0 aliphatic carbocycles. The van der Waals surface area contributed by atoms with Crippen molar-refractivity contribution in [1.29, 1.82) is 0 Å². The van der Waals surface area contributed by atoms with Gasteiger partial charge in [0.25, 0.3) is 0 Å². The number of aliphatic hydroxyl groups excluding tert-OH is 1. The Morgan fingerprint density at radius 2 is 1.74 bits per heavy atom. The topological polar surface area (TPSA) is 43.8 Å². The highest BCUT2D eigenvalue weighted by Gasteiger charge is 2.30. The second-order valence-electron chi connectivity index (χ2n) is 5.90. The van der Waals surface area contributed by atoms with E-state index in [0.29, 0.717) is 38.3 Å². The number of alkyl halides is 3. The lowest BCUT2D eigenvalue weighted by Crippen LogP contribution is -2.50. The molecule has 1 aliphatic rings. The maximum absolute atomic E-state index is 12.5. The highest BCUT2D eigenvalue weighted by molar-refractivity contribution is 5.78. The number of halogens is 3. The molecule has 0 bridgehead atoms. The van der Waals surface area contributed by atoms with E-state index in [1.54, 1.807) is 11.8 Å². The van der Waals surface area contributed by atoms with Crippen molar-refractivity contribution in [3.05, 3.63) is 35.4 Å². The van der Waals surface area contributed by atoms with Gasteiger partial charge >= 0.3 is 6.18 Å². The first-order valence-electron chi connectivity index (χ1n) is 7.60. The third kappa shape index (κ3) is 5.21. The van der Waals surface area contributed by atoms with E-state index in [4.69, 9.17) is 0 Å². The van der Waals surface area contributed by atoms with Gasteiger partial charge in [-0.05, 0) is 24.6 Å². The average Bonchev–Trinajstić information content (AvgIpc) is 2.47. The lowest BCUT2D eigenvalue weighted by atomic mass is 10.1. The number of piperazine rings is 1. The average molecular weight is 330 g/mol.